The summed E-state index contributed by atoms with van der Waals surface area (Å²) < 4.78 is 62.8. The molecule has 1 saturated heterocycles. The molecule has 178 valence electrons. The maximum Gasteiger partial charge on any atom is 0.425 e. The molecule has 0 bridgehead atoms. The van der Waals surface area contributed by atoms with E-state index in [9.17, 15) is 31.9 Å². The summed E-state index contributed by atoms with van der Waals surface area (Å²) in [5.41, 5.74) is -5.19. The molecule has 3 aliphatic rings. The average molecular weight is 468 g/mol. The van der Waals surface area contributed by atoms with Crippen LogP contribution in [0.4, 0.5) is 17.6 Å². The van der Waals surface area contributed by atoms with Crippen LogP contribution in [0.5, 0.6) is 0 Å². The third kappa shape index (κ3) is 3.94. The Bertz CT molecular complexity index is 1030. The van der Waals surface area contributed by atoms with Gasteiger partial charge >= 0.3 is 6.18 Å². The molecular formula is C23H24F4N2O4. The molecular weight excluding hydrogens is 444 g/mol. The molecule has 0 unspecified atom stereocenters. The minimum atomic E-state index is -5.29. The van der Waals surface area contributed by atoms with E-state index >= 15 is 0 Å². The maximum atomic E-state index is 14.7. The van der Waals surface area contributed by atoms with E-state index in [1.165, 1.54) is 0 Å². The van der Waals surface area contributed by atoms with Crippen molar-refractivity contribution in [2.24, 2.45) is 5.41 Å². The Morgan fingerprint density at radius 2 is 1.85 bits per heavy atom. The fourth-order valence-electron chi connectivity index (χ4n) is 4.85. The molecule has 0 saturated carbocycles. The van der Waals surface area contributed by atoms with Gasteiger partial charge in [-0.1, -0.05) is 13.8 Å². The SMILES string of the molecule is CC1(C)CC(=O)C2=C(C1)N(C[C@@H]1CCCO1)C(=O)[C@@]2(NC(=O)c1ccc(F)cc1)C(F)(F)F. The van der Waals surface area contributed by atoms with Crippen LogP contribution >= 0.6 is 0 Å². The molecule has 2 aliphatic heterocycles. The van der Waals surface area contributed by atoms with Gasteiger partial charge in [0.25, 0.3) is 11.8 Å². The van der Waals surface area contributed by atoms with Crippen LogP contribution in [-0.4, -0.2) is 53.5 Å². The van der Waals surface area contributed by atoms with Crippen molar-refractivity contribution in [3.05, 3.63) is 46.9 Å². The summed E-state index contributed by atoms with van der Waals surface area (Å²) in [6.45, 7) is 3.79. The van der Waals surface area contributed by atoms with Gasteiger partial charge in [-0.2, -0.15) is 13.2 Å². The molecule has 2 heterocycles. The Balaban J connectivity index is 1.83. The van der Waals surface area contributed by atoms with E-state index in [1.807, 2.05) is 5.32 Å². The molecule has 1 aromatic carbocycles. The summed E-state index contributed by atoms with van der Waals surface area (Å²) >= 11 is 0. The zero-order valence-corrected chi connectivity index (χ0v) is 18.2. The van der Waals surface area contributed by atoms with Gasteiger partial charge in [0.05, 0.1) is 18.2 Å². The van der Waals surface area contributed by atoms with Gasteiger partial charge in [-0.05, 0) is 48.9 Å². The second-order valence-corrected chi connectivity index (χ2v) is 9.52. The van der Waals surface area contributed by atoms with Gasteiger partial charge in [0, 0.05) is 24.3 Å². The highest BCUT2D eigenvalue weighted by Crippen LogP contribution is 2.52. The number of benzene rings is 1. The number of ether oxygens (including phenoxy) is 1. The van der Waals surface area contributed by atoms with Crippen molar-refractivity contribution >= 4 is 17.6 Å². The molecule has 0 radical (unpaired) electrons. The number of nitrogens with one attached hydrogen (secondary N) is 1. The number of hydrogen-bond donors (Lipinski definition) is 1. The number of amides is 2. The van der Waals surface area contributed by atoms with E-state index in [4.69, 9.17) is 4.74 Å². The predicted octanol–water partition coefficient (Wildman–Crippen LogP) is 3.52. The molecule has 1 N–H and O–H groups in total. The van der Waals surface area contributed by atoms with Crippen LogP contribution in [-0.2, 0) is 14.3 Å². The van der Waals surface area contributed by atoms with E-state index in [0.29, 0.717) is 13.0 Å². The Hall–Kier alpha value is -2.75. The number of carbonyl (C=O) groups excluding carboxylic acids is 3. The van der Waals surface area contributed by atoms with Crippen molar-refractivity contribution in [2.45, 2.75) is 57.3 Å². The lowest BCUT2D eigenvalue weighted by Gasteiger charge is -2.35. The van der Waals surface area contributed by atoms with Crippen LogP contribution in [0.25, 0.3) is 0 Å². The zero-order valence-electron chi connectivity index (χ0n) is 18.2. The van der Waals surface area contributed by atoms with Gasteiger partial charge in [-0.15, -0.1) is 0 Å². The van der Waals surface area contributed by atoms with Crippen LogP contribution in [0.15, 0.2) is 35.5 Å². The van der Waals surface area contributed by atoms with Crippen LogP contribution in [0.1, 0.15) is 49.9 Å². The van der Waals surface area contributed by atoms with Gasteiger partial charge in [0.15, 0.2) is 5.78 Å². The number of allylic oxidation sites excluding steroid dienone is 1. The van der Waals surface area contributed by atoms with Gasteiger partial charge in [0.1, 0.15) is 5.82 Å². The van der Waals surface area contributed by atoms with Gasteiger partial charge in [-0.3, -0.25) is 14.4 Å². The molecule has 33 heavy (non-hydrogen) atoms. The fourth-order valence-corrected chi connectivity index (χ4v) is 4.85. The first-order valence-electron chi connectivity index (χ1n) is 10.7. The summed E-state index contributed by atoms with van der Waals surface area (Å²) in [5, 5.41) is 1.83. The van der Waals surface area contributed by atoms with Crippen molar-refractivity contribution in [1.82, 2.24) is 10.2 Å². The van der Waals surface area contributed by atoms with E-state index in [-0.39, 0.29) is 30.6 Å². The first-order chi connectivity index (χ1) is 15.4. The smallest absolute Gasteiger partial charge is 0.376 e. The first kappa shape index (κ1) is 23.4. The van der Waals surface area contributed by atoms with Crippen molar-refractivity contribution in [3.8, 4) is 0 Å². The van der Waals surface area contributed by atoms with Crippen LogP contribution in [0, 0.1) is 11.2 Å². The monoisotopic (exact) mass is 468 g/mol. The molecule has 0 spiro atoms. The predicted molar refractivity (Wildman–Crippen MR) is 108 cm³/mol. The topological polar surface area (TPSA) is 75.7 Å². The van der Waals surface area contributed by atoms with E-state index < -0.39 is 52.2 Å². The third-order valence-corrected chi connectivity index (χ3v) is 6.36. The lowest BCUT2D eigenvalue weighted by atomic mass is 9.72. The summed E-state index contributed by atoms with van der Waals surface area (Å²) in [6, 6.07) is 3.88. The van der Waals surface area contributed by atoms with Crippen molar-refractivity contribution in [3.63, 3.8) is 0 Å². The summed E-state index contributed by atoms with van der Waals surface area (Å²) in [5.74, 6) is -4.16. The lowest BCUT2D eigenvalue weighted by Crippen LogP contribution is -2.66. The second kappa shape index (κ2) is 7.93. The standard InChI is InChI=1S/C23H24F4N2O4/c1-21(2)10-16-18(17(30)11-21)22(23(25,26)27,20(32)29(16)12-15-4-3-9-33-15)28-19(31)13-5-7-14(24)8-6-13/h5-8,15H,3-4,9-12H2,1-2H3,(H,28,31)/t15-,22+/m0/s1. The second-order valence-electron chi connectivity index (χ2n) is 9.52. The van der Waals surface area contributed by atoms with Crippen molar-refractivity contribution in [2.75, 3.05) is 13.2 Å². The minimum Gasteiger partial charge on any atom is -0.376 e. The number of Topliss-reactive ketones (excluding diaryl/α,β-unsaturated/α-hetero) is 1. The minimum absolute atomic E-state index is 0.0199. The van der Waals surface area contributed by atoms with E-state index in [1.54, 1.807) is 13.8 Å². The fraction of sp³-hybridized carbons (Fsp3) is 0.522. The number of halogens is 4. The normalized spacial score (nSPS) is 27.2. The molecule has 1 fully saturated rings. The largest absolute Gasteiger partial charge is 0.425 e. The van der Waals surface area contributed by atoms with E-state index in [2.05, 4.69) is 0 Å². The summed E-state index contributed by atoms with van der Waals surface area (Å²) in [7, 11) is 0. The Morgan fingerprint density at radius 1 is 1.18 bits per heavy atom. The Morgan fingerprint density at radius 3 is 2.42 bits per heavy atom. The summed E-state index contributed by atoms with van der Waals surface area (Å²) in [4.78, 5) is 40.3. The average Bonchev–Trinajstić information content (AvgIpc) is 3.29. The molecule has 2 amide bonds. The highest BCUT2D eigenvalue weighted by atomic mass is 19.4. The molecule has 2 atom stereocenters. The molecule has 1 aliphatic carbocycles. The van der Waals surface area contributed by atoms with Crippen molar-refractivity contribution in [1.29, 1.82) is 0 Å². The van der Waals surface area contributed by atoms with E-state index in [0.717, 1.165) is 35.6 Å². The molecule has 4 rings (SSSR count). The number of carbonyl (C=O) groups is 3. The molecule has 0 aromatic heterocycles. The van der Waals surface area contributed by atoms with Crippen LogP contribution < -0.4 is 5.32 Å². The number of rotatable bonds is 4. The van der Waals surface area contributed by atoms with Crippen LogP contribution in [0.3, 0.4) is 0 Å². The number of nitrogens with zero attached hydrogens (tertiary/aromatic N) is 1. The quantitative estimate of drug-likeness (QED) is 0.687. The lowest BCUT2D eigenvalue weighted by molar-refractivity contribution is -0.191. The van der Waals surface area contributed by atoms with Crippen LogP contribution in [0.2, 0.25) is 0 Å². The molecule has 6 nitrogen and oxygen atoms in total. The highest BCUT2D eigenvalue weighted by molar-refractivity contribution is 6.14. The maximum absolute atomic E-state index is 14.7. The number of ketones is 1. The molecule has 1 aromatic rings. The Kier molecular flexibility index (Phi) is 5.63. The number of hydrogen-bond acceptors (Lipinski definition) is 4. The van der Waals surface area contributed by atoms with Gasteiger partial charge in [0.2, 0.25) is 5.54 Å². The number of alkyl halides is 3. The highest BCUT2D eigenvalue weighted by Gasteiger charge is 2.71. The molecule has 10 heteroatoms. The van der Waals surface area contributed by atoms with Crippen molar-refractivity contribution < 1.29 is 36.7 Å². The van der Waals surface area contributed by atoms with Gasteiger partial charge in [-0.25, -0.2) is 4.39 Å². The zero-order chi connectivity index (χ0) is 24.2. The Labute approximate surface area is 187 Å². The first-order valence-corrected chi connectivity index (χ1v) is 10.7. The summed E-state index contributed by atoms with van der Waals surface area (Å²) in [6.07, 6.45) is -4.59. The third-order valence-electron chi connectivity index (χ3n) is 6.36. The van der Waals surface area contributed by atoms with Gasteiger partial charge < -0.3 is 15.0 Å².